The van der Waals surface area contributed by atoms with Crippen LogP contribution in [0, 0.1) is 17.7 Å². The summed E-state index contributed by atoms with van der Waals surface area (Å²) >= 11 is 0. The van der Waals surface area contributed by atoms with Gasteiger partial charge in [-0.1, -0.05) is 6.42 Å². The second-order valence-corrected chi connectivity index (χ2v) is 5.96. The average Bonchev–Trinajstić information content (AvgIpc) is 2.94. The molecule has 2 rings (SSSR count). The van der Waals surface area contributed by atoms with Crippen molar-refractivity contribution in [3.63, 3.8) is 0 Å². The van der Waals surface area contributed by atoms with Crippen LogP contribution in [0.3, 0.4) is 0 Å². The van der Waals surface area contributed by atoms with Gasteiger partial charge in [-0.25, -0.2) is 9.18 Å². The molecule has 1 fully saturated rings. The van der Waals surface area contributed by atoms with Crippen LogP contribution in [-0.2, 0) is 4.79 Å². The monoisotopic (exact) mass is 338 g/mol. The van der Waals surface area contributed by atoms with Crippen molar-refractivity contribution in [3.8, 4) is 0 Å². The summed E-state index contributed by atoms with van der Waals surface area (Å²) in [6, 6.07) is 4.87. The molecule has 0 saturated carbocycles. The van der Waals surface area contributed by atoms with Crippen molar-refractivity contribution in [2.75, 3.05) is 18.4 Å². The number of urea groups is 1. The summed E-state index contributed by atoms with van der Waals surface area (Å²) in [6.45, 7) is 0.375. The number of rotatable bonds is 6. The number of carboxylic acids is 1. The smallest absolute Gasteiger partial charge is 0.451 e. The van der Waals surface area contributed by atoms with Gasteiger partial charge in [0.05, 0.1) is 5.92 Å². The standard InChI is InChI=1S/C15H20BFN2O5/c17-11-3-5-12(6-4-11)18-15(22)19-8-10(2-1-7-16(23)24)13(9-19)14(20)21/h3-6,10,13,23-24H,1-2,7-9H2,(H,18,22)(H,20,21)/t10-,13+/m0/s1. The lowest BCUT2D eigenvalue weighted by Crippen LogP contribution is -2.33. The highest BCUT2D eigenvalue weighted by Crippen LogP contribution is 2.29. The third-order valence-corrected chi connectivity index (χ3v) is 4.18. The molecule has 0 radical (unpaired) electrons. The van der Waals surface area contributed by atoms with Gasteiger partial charge < -0.3 is 25.4 Å². The Hall–Kier alpha value is -2.13. The van der Waals surface area contributed by atoms with E-state index in [0.717, 1.165) is 0 Å². The molecular weight excluding hydrogens is 318 g/mol. The van der Waals surface area contributed by atoms with Gasteiger partial charge in [0.1, 0.15) is 5.82 Å². The predicted octanol–water partition coefficient (Wildman–Crippen LogP) is 1.24. The zero-order chi connectivity index (χ0) is 17.7. The molecule has 1 aliphatic heterocycles. The zero-order valence-corrected chi connectivity index (χ0v) is 13.1. The number of nitrogens with one attached hydrogen (secondary N) is 1. The highest BCUT2D eigenvalue weighted by molar-refractivity contribution is 6.40. The Balaban J connectivity index is 1.94. The highest BCUT2D eigenvalue weighted by Gasteiger charge is 2.39. The lowest BCUT2D eigenvalue weighted by Gasteiger charge is -2.17. The fourth-order valence-corrected chi connectivity index (χ4v) is 2.91. The number of carbonyl (C=O) groups is 2. The van der Waals surface area contributed by atoms with Crippen LogP contribution in [0.15, 0.2) is 24.3 Å². The summed E-state index contributed by atoms with van der Waals surface area (Å²) in [5.74, 6) is -2.30. The summed E-state index contributed by atoms with van der Waals surface area (Å²) < 4.78 is 12.9. The van der Waals surface area contributed by atoms with Crippen LogP contribution in [0.1, 0.15) is 12.8 Å². The van der Waals surface area contributed by atoms with Crippen LogP contribution in [0.25, 0.3) is 0 Å². The molecule has 130 valence electrons. The van der Waals surface area contributed by atoms with Crippen LogP contribution >= 0.6 is 0 Å². The Morgan fingerprint density at radius 3 is 2.50 bits per heavy atom. The molecule has 1 saturated heterocycles. The topological polar surface area (TPSA) is 110 Å². The number of nitrogens with zero attached hydrogens (tertiary/aromatic N) is 1. The van der Waals surface area contributed by atoms with Crippen molar-refractivity contribution < 1.29 is 29.1 Å². The molecule has 0 aromatic heterocycles. The van der Waals surface area contributed by atoms with E-state index < -0.39 is 30.9 Å². The molecule has 9 heteroatoms. The van der Waals surface area contributed by atoms with Gasteiger partial charge in [-0.2, -0.15) is 0 Å². The molecule has 1 aliphatic rings. The van der Waals surface area contributed by atoms with Gasteiger partial charge in [0.15, 0.2) is 0 Å². The van der Waals surface area contributed by atoms with Crippen molar-refractivity contribution in [2.45, 2.75) is 19.2 Å². The van der Waals surface area contributed by atoms with Crippen LogP contribution in [0.4, 0.5) is 14.9 Å². The van der Waals surface area contributed by atoms with Gasteiger partial charge >= 0.3 is 19.1 Å². The first-order valence-electron chi connectivity index (χ1n) is 7.77. The molecule has 0 unspecified atom stereocenters. The average molecular weight is 338 g/mol. The van der Waals surface area contributed by atoms with Crippen LogP contribution < -0.4 is 5.32 Å². The second kappa shape index (κ2) is 8.12. The molecule has 1 aromatic rings. The fourth-order valence-electron chi connectivity index (χ4n) is 2.91. The van der Waals surface area contributed by atoms with E-state index in [2.05, 4.69) is 5.32 Å². The Kier molecular flexibility index (Phi) is 6.16. The minimum atomic E-state index is -1.41. The molecule has 2 amide bonds. The first kappa shape index (κ1) is 18.2. The SMILES string of the molecule is O=C(O)[C@@H]1CN(C(=O)Nc2ccc(F)cc2)C[C@@H]1CCCB(O)O. The minimum absolute atomic E-state index is 0.0920. The molecule has 0 spiro atoms. The number of hydrogen-bond acceptors (Lipinski definition) is 4. The molecule has 0 aliphatic carbocycles. The van der Waals surface area contributed by atoms with E-state index in [9.17, 15) is 19.1 Å². The Bertz CT molecular complexity index is 584. The van der Waals surface area contributed by atoms with E-state index >= 15 is 0 Å². The Morgan fingerprint density at radius 2 is 1.92 bits per heavy atom. The molecule has 2 atom stereocenters. The van der Waals surface area contributed by atoms with E-state index in [4.69, 9.17) is 10.0 Å². The molecule has 0 bridgehead atoms. The van der Waals surface area contributed by atoms with Crippen LogP contribution in [0.5, 0.6) is 0 Å². The fraction of sp³-hybridized carbons (Fsp3) is 0.467. The number of amides is 2. The van der Waals surface area contributed by atoms with Crippen LogP contribution in [-0.4, -0.2) is 52.3 Å². The Morgan fingerprint density at radius 1 is 1.25 bits per heavy atom. The number of likely N-dealkylation sites (tertiary alicyclic amines) is 1. The van der Waals surface area contributed by atoms with E-state index in [1.54, 1.807) is 0 Å². The highest BCUT2D eigenvalue weighted by atomic mass is 19.1. The van der Waals surface area contributed by atoms with Crippen molar-refractivity contribution in [1.29, 1.82) is 0 Å². The number of aliphatic carboxylic acids is 1. The molecular formula is C15H20BFN2O5. The van der Waals surface area contributed by atoms with Gasteiger partial charge in [-0.3, -0.25) is 4.79 Å². The molecule has 4 N–H and O–H groups in total. The summed E-state index contributed by atoms with van der Waals surface area (Å²) in [5, 5.41) is 29.7. The number of benzene rings is 1. The van der Waals surface area contributed by atoms with Crippen molar-refractivity contribution >= 4 is 24.8 Å². The van der Waals surface area contributed by atoms with Gasteiger partial charge in [0, 0.05) is 18.8 Å². The van der Waals surface area contributed by atoms with E-state index in [0.29, 0.717) is 18.5 Å². The van der Waals surface area contributed by atoms with Crippen molar-refractivity contribution in [2.24, 2.45) is 11.8 Å². The van der Waals surface area contributed by atoms with Gasteiger partial charge in [-0.05, 0) is 42.9 Å². The first-order valence-corrected chi connectivity index (χ1v) is 7.77. The number of halogens is 1. The summed E-state index contributed by atoms with van der Waals surface area (Å²) in [5.41, 5.74) is 0.431. The maximum Gasteiger partial charge on any atom is 0.451 e. The lowest BCUT2D eigenvalue weighted by atomic mass is 9.80. The summed E-state index contributed by atoms with van der Waals surface area (Å²) in [7, 11) is -1.41. The van der Waals surface area contributed by atoms with Crippen molar-refractivity contribution in [1.82, 2.24) is 4.90 Å². The molecule has 1 aromatic carbocycles. The lowest BCUT2D eigenvalue weighted by molar-refractivity contribution is -0.142. The quantitative estimate of drug-likeness (QED) is 0.584. The largest absolute Gasteiger partial charge is 0.481 e. The van der Waals surface area contributed by atoms with E-state index in [1.807, 2.05) is 0 Å². The van der Waals surface area contributed by atoms with Gasteiger partial charge in [-0.15, -0.1) is 0 Å². The first-order chi connectivity index (χ1) is 11.4. The Labute approximate surface area is 139 Å². The molecule has 7 nitrogen and oxygen atoms in total. The minimum Gasteiger partial charge on any atom is -0.481 e. The van der Waals surface area contributed by atoms with E-state index in [-0.39, 0.29) is 25.3 Å². The molecule has 24 heavy (non-hydrogen) atoms. The van der Waals surface area contributed by atoms with Gasteiger partial charge in [0.25, 0.3) is 0 Å². The maximum absolute atomic E-state index is 12.9. The third kappa shape index (κ3) is 4.94. The summed E-state index contributed by atoms with van der Waals surface area (Å²) in [6.07, 6.45) is 1.14. The van der Waals surface area contributed by atoms with E-state index in [1.165, 1.54) is 29.2 Å². The third-order valence-electron chi connectivity index (χ3n) is 4.18. The van der Waals surface area contributed by atoms with Crippen molar-refractivity contribution in [3.05, 3.63) is 30.1 Å². The van der Waals surface area contributed by atoms with Crippen LogP contribution in [0.2, 0.25) is 6.32 Å². The number of hydrogen-bond donors (Lipinski definition) is 4. The second-order valence-electron chi connectivity index (χ2n) is 5.96. The maximum atomic E-state index is 12.9. The zero-order valence-electron chi connectivity index (χ0n) is 13.1. The number of carboxylic acid groups (broad SMARTS) is 1. The summed E-state index contributed by atoms with van der Waals surface area (Å²) in [4.78, 5) is 25.0. The predicted molar refractivity (Wildman–Crippen MR) is 85.8 cm³/mol. The number of carbonyl (C=O) groups excluding carboxylic acids is 1. The normalized spacial score (nSPS) is 20.0. The molecule has 1 heterocycles. The number of anilines is 1. The van der Waals surface area contributed by atoms with Gasteiger partial charge in [0.2, 0.25) is 0 Å².